The molecular weight excluding hydrogens is 236 g/mol. The molecule has 1 aliphatic heterocycles. The number of aliphatic imine (C=N–C) groups is 1. The predicted octanol–water partition coefficient (Wildman–Crippen LogP) is 2.57. The van der Waals surface area contributed by atoms with Gasteiger partial charge in [-0.2, -0.15) is 0 Å². The fourth-order valence-corrected chi connectivity index (χ4v) is 1.97. The molecule has 4 nitrogen and oxygen atoms in total. The number of guanidine groups is 1. The summed E-state index contributed by atoms with van der Waals surface area (Å²) in [6.07, 6.45) is 0. The van der Waals surface area contributed by atoms with Crippen LogP contribution in [-0.4, -0.2) is 47.7 Å². The van der Waals surface area contributed by atoms with Gasteiger partial charge in [0.1, 0.15) is 0 Å². The lowest BCUT2D eigenvalue weighted by Crippen LogP contribution is -2.57. The molecule has 1 rings (SSSR count). The van der Waals surface area contributed by atoms with Crippen molar-refractivity contribution in [2.75, 3.05) is 19.9 Å². The average Bonchev–Trinajstić information content (AvgIpc) is 2.37. The van der Waals surface area contributed by atoms with Gasteiger partial charge in [0.05, 0.1) is 13.3 Å². The molecule has 1 aliphatic rings. The zero-order valence-electron chi connectivity index (χ0n) is 13.8. The van der Waals surface area contributed by atoms with Gasteiger partial charge in [0.15, 0.2) is 5.96 Å². The Bertz CT molecular complexity index is 299. The number of nitrogens with zero attached hydrogens (tertiary/aromatic N) is 3. The Labute approximate surface area is 119 Å². The molecule has 4 heteroatoms. The van der Waals surface area contributed by atoms with E-state index in [9.17, 15) is 0 Å². The summed E-state index contributed by atoms with van der Waals surface area (Å²) >= 11 is 0. The molecular formula is C15H32N4. The maximum absolute atomic E-state index is 4.75. The summed E-state index contributed by atoms with van der Waals surface area (Å²) in [4.78, 5) is 9.52. The topological polar surface area (TPSA) is 30.9 Å². The van der Waals surface area contributed by atoms with Crippen LogP contribution in [0.4, 0.5) is 0 Å². The number of rotatable bonds is 5. The van der Waals surface area contributed by atoms with E-state index in [0.29, 0.717) is 23.9 Å². The standard InChI is InChI=1S/C15H32N4/c1-8-18-9-16-15(17-13(6)11(2)3)19(10-18)14(7)12(4)5/h11-14H,8-10H2,1-7H3,(H,16,17). The number of hydrogen-bond donors (Lipinski definition) is 1. The minimum atomic E-state index is 0.453. The van der Waals surface area contributed by atoms with Gasteiger partial charge in [0, 0.05) is 12.1 Å². The molecule has 0 aromatic carbocycles. The summed E-state index contributed by atoms with van der Waals surface area (Å²) in [5, 5.41) is 3.60. The first-order valence-corrected chi connectivity index (χ1v) is 7.66. The first kappa shape index (κ1) is 16.3. The molecule has 19 heavy (non-hydrogen) atoms. The summed E-state index contributed by atoms with van der Waals surface area (Å²) in [5.41, 5.74) is 0. The number of nitrogens with one attached hydrogen (secondary N) is 1. The summed E-state index contributed by atoms with van der Waals surface area (Å²) in [6.45, 7) is 18.6. The molecule has 0 amide bonds. The SMILES string of the molecule is CCN1CN=C(NC(C)C(C)C)N(C(C)C(C)C)C1. The maximum Gasteiger partial charge on any atom is 0.196 e. The lowest BCUT2D eigenvalue weighted by atomic mass is 10.0. The van der Waals surface area contributed by atoms with E-state index in [-0.39, 0.29) is 0 Å². The van der Waals surface area contributed by atoms with Gasteiger partial charge in [0.2, 0.25) is 0 Å². The lowest BCUT2D eigenvalue weighted by Gasteiger charge is -2.42. The van der Waals surface area contributed by atoms with Crippen LogP contribution in [-0.2, 0) is 0 Å². The first-order valence-electron chi connectivity index (χ1n) is 7.66. The molecule has 0 radical (unpaired) electrons. The van der Waals surface area contributed by atoms with Crippen molar-refractivity contribution in [2.45, 2.75) is 60.5 Å². The molecule has 0 bridgehead atoms. The highest BCUT2D eigenvalue weighted by Gasteiger charge is 2.27. The molecule has 0 aromatic heterocycles. The Morgan fingerprint density at radius 1 is 1.11 bits per heavy atom. The summed E-state index contributed by atoms with van der Waals surface area (Å²) in [6, 6.07) is 0.953. The zero-order chi connectivity index (χ0) is 14.6. The zero-order valence-corrected chi connectivity index (χ0v) is 13.8. The minimum absolute atomic E-state index is 0.453. The summed E-state index contributed by atoms with van der Waals surface area (Å²) in [7, 11) is 0. The molecule has 0 spiro atoms. The monoisotopic (exact) mass is 268 g/mol. The van der Waals surface area contributed by atoms with E-state index in [4.69, 9.17) is 4.99 Å². The molecule has 1 heterocycles. The van der Waals surface area contributed by atoms with Crippen molar-refractivity contribution in [1.82, 2.24) is 15.1 Å². The van der Waals surface area contributed by atoms with E-state index in [1.54, 1.807) is 0 Å². The van der Waals surface area contributed by atoms with Gasteiger partial charge in [-0.25, -0.2) is 4.99 Å². The van der Waals surface area contributed by atoms with Gasteiger partial charge < -0.3 is 10.2 Å². The maximum atomic E-state index is 4.75. The van der Waals surface area contributed by atoms with Gasteiger partial charge in [-0.15, -0.1) is 0 Å². The van der Waals surface area contributed by atoms with E-state index < -0.39 is 0 Å². The highest BCUT2D eigenvalue weighted by Crippen LogP contribution is 2.15. The first-order chi connectivity index (χ1) is 8.86. The van der Waals surface area contributed by atoms with Crippen LogP contribution < -0.4 is 5.32 Å². The van der Waals surface area contributed by atoms with Crippen molar-refractivity contribution in [3.63, 3.8) is 0 Å². The van der Waals surface area contributed by atoms with Gasteiger partial charge in [-0.3, -0.25) is 4.90 Å². The lowest BCUT2D eigenvalue weighted by molar-refractivity contribution is 0.126. The molecule has 0 fully saturated rings. The van der Waals surface area contributed by atoms with Crippen molar-refractivity contribution in [2.24, 2.45) is 16.8 Å². The highest BCUT2D eigenvalue weighted by atomic mass is 15.5. The van der Waals surface area contributed by atoms with Crippen LogP contribution in [0.5, 0.6) is 0 Å². The van der Waals surface area contributed by atoms with Gasteiger partial charge >= 0.3 is 0 Å². The van der Waals surface area contributed by atoms with E-state index in [0.717, 1.165) is 25.8 Å². The normalized spacial score (nSPS) is 20.7. The Kier molecular flexibility index (Phi) is 6.11. The van der Waals surface area contributed by atoms with E-state index in [1.807, 2.05) is 0 Å². The fraction of sp³-hybridized carbons (Fsp3) is 0.933. The Hall–Kier alpha value is -0.770. The Balaban J connectivity index is 2.81. The average molecular weight is 268 g/mol. The molecule has 112 valence electrons. The number of hydrogen-bond acceptors (Lipinski definition) is 4. The van der Waals surface area contributed by atoms with E-state index in [1.165, 1.54) is 0 Å². The van der Waals surface area contributed by atoms with Crippen molar-refractivity contribution >= 4 is 5.96 Å². The third-order valence-electron chi connectivity index (χ3n) is 4.31. The smallest absolute Gasteiger partial charge is 0.196 e. The van der Waals surface area contributed by atoms with Gasteiger partial charge in [0.25, 0.3) is 0 Å². The summed E-state index contributed by atoms with van der Waals surface area (Å²) in [5.74, 6) is 2.31. The van der Waals surface area contributed by atoms with Crippen LogP contribution in [0.3, 0.4) is 0 Å². The third kappa shape index (κ3) is 4.37. The molecule has 1 N–H and O–H groups in total. The largest absolute Gasteiger partial charge is 0.353 e. The molecule has 0 aliphatic carbocycles. The molecule has 0 saturated carbocycles. The molecule has 2 atom stereocenters. The van der Waals surface area contributed by atoms with E-state index >= 15 is 0 Å². The molecule has 2 unspecified atom stereocenters. The Morgan fingerprint density at radius 2 is 1.74 bits per heavy atom. The third-order valence-corrected chi connectivity index (χ3v) is 4.31. The van der Waals surface area contributed by atoms with Crippen molar-refractivity contribution in [3.8, 4) is 0 Å². The minimum Gasteiger partial charge on any atom is -0.353 e. The molecule has 0 saturated heterocycles. The van der Waals surface area contributed by atoms with Crippen LogP contribution in [0, 0.1) is 11.8 Å². The fourth-order valence-electron chi connectivity index (χ4n) is 1.97. The predicted molar refractivity (Wildman–Crippen MR) is 83.1 cm³/mol. The quantitative estimate of drug-likeness (QED) is 0.831. The van der Waals surface area contributed by atoms with Gasteiger partial charge in [-0.1, -0.05) is 34.6 Å². The second kappa shape index (κ2) is 7.13. The second-order valence-corrected chi connectivity index (χ2v) is 6.38. The second-order valence-electron chi connectivity index (χ2n) is 6.38. The highest BCUT2D eigenvalue weighted by molar-refractivity contribution is 5.81. The Morgan fingerprint density at radius 3 is 2.21 bits per heavy atom. The van der Waals surface area contributed by atoms with Crippen LogP contribution in [0.2, 0.25) is 0 Å². The van der Waals surface area contributed by atoms with Crippen molar-refractivity contribution < 1.29 is 0 Å². The van der Waals surface area contributed by atoms with Crippen LogP contribution in [0.15, 0.2) is 4.99 Å². The van der Waals surface area contributed by atoms with Crippen molar-refractivity contribution in [3.05, 3.63) is 0 Å². The van der Waals surface area contributed by atoms with Gasteiger partial charge in [-0.05, 0) is 32.2 Å². The molecule has 0 aromatic rings. The van der Waals surface area contributed by atoms with Crippen molar-refractivity contribution in [1.29, 1.82) is 0 Å². The summed E-state index contributed by atoms with van der Waals surface area (Å²) < 4.78 is 0. The van der Waals surface area contributed by atoms with E-state index in [2.05, 4.69) is 63.6 Å². The van der Waals surface area contributed by atoms with Crippen LogP contribution in [0.1, 0.15) is 48.5 Å². The van der Waals surface area contributed by atoms with Crippen LogP contribution in [0.25, 0.3) is 0 Å². The van der Waals surface area contributed by atoms with Crippen LogP contribution >= 0.6 is 0 Å².